The molecule has 0 aliphatic carbocycles. The van der Waals surface area contributed by atoms with Crippen molar-refractivity contribution in [2.75, 3.05) is 17.2 Å². The fourth-order valence-electron chi connectivity index (χ4n) is 2.49. The maximum Gasteiger partial charge on any atom is 0.225 e. The Morgan fingerprint density at radius 3 is 2.17 bits per heavy atom. The molecule has 0 spiro atoms. The van der Waals surface area contributed by atoms with Crippen molar-refractivity contribution in [3.8, 4) is 0 Å². The summed E-state index contributed by atoms with van der Waals surface area (Å²) < 4.78 is 0. The molecule has 2 N–H and O–H groups in total. The molecule has 0 aliphatic heterocycles. The number of benzene rings is 2. The fraction of sp³-hybridized carbons (Fsp3) is 0.200. The third-order valence-electron chi connectivity index (χ3n) is 3.71. The third kappa shape index (κ3) is 4.81. The molecule has 0 atom stereocenters. The maximum atomic E-state index is 4.55. The van der Waals surface area contributed by atoms with E-state index in [9.17, 15) is 0 Å². The van der Waals surface area contributed by atoms with Crippen LogP contribution in [0.25, 0.3) is 0 Å². The van der Waals surface area contributed by atoms with E-state index in [1.807, 2.05) is 37.3 Å². The van der Waals surface area contributed by atoms with Gasteiger partial charge in [-0.15, -0.1) is 0 Å². The molecule has 3 rings (SSSR count). The topological polar surface area (TPSA) is 49.8 Å². The molecule has 3 aromatic rings. The lowest BCUT2D eigenvalue weighted by Gasteiger charge is -2.10. The van der Waals surface area contributed by atoms with Crippen molar-refractivity contribution in [1.82, 2.24) is 9.97 Å². The minimum absolute atomic E-state index is 0.654. The predicted octanol–water partition coefficient (Wildman–Crippen LogP) is 4.05. The van der Waals surface area contributed by atoms with E-state index < -0.39 is 0 Å². The summed E-state index contributed by atoms with van der Waals surface area (Å²) in [6, 6.07) is 22.7. The van der Waals surface area contributed by atoms with Crippen LogP contribution in [0.15, 0.2) is 66.7 Å². The number of nitrogens with one attached hydrogen (secondary N) is 2. The highest BCUT2D eigenvalue weighted by molar-refractivity contribution is 5.42. The molecule has 0 amide bonds. The zero-order valence-electron chi connectivity index (χ0n) is 13.9. The first-order valence-corrected chi connectivity index (χ1v) is 8.21. The van der Waals surface area contributed by atoms with Gasteiger partial charge >= 0.3 is 0 Å². The molecule has 4 nitrogen and oxygen atoms in total. The smallest absolute Gasteiger partial charge is 0.225 e. The number of aromatic nitrogens is 2. The molecule has 0 bridgehead atoms. The molecule has 0 aliphatic rings. The zero-order chi connectivity index (χ0) is 16.6. The van der Waals surface area contributed by atoms with Gasteiger partial charge in [-0.05, 0) is 24.5 Å². The first-order chi connectivity index (χ1) is 11.8. The summed E-state index contributed by atoms with van der Waals surface area (Å²) in [5.41, 5.74) is 3.47. The van der Waals surface area contributed by atoms with Crippen molar-refractivity contribution < 1.29 is 0 Å². The van der Waals surface area contributed by atoms with Crippen LogP contribution in [0.4, 0.5) is 11.8 Å². The maximum absolute atomic E-state index is 4.55. The molecule has 1 heterocycles. The second-order valence-corrected chi connectivity index (χ2v) is 5.72. The summed E-state index contributed by atoms with van der Waals surface area (Å²) >= 11 is 0. The highest BCUT2D eigenvalue weighted by Gasteiger charge is 2.02. The molecule has 0 unspecified atom stereocenters. The van der Waals surface area contributed by atoms with Crippen LogP contribution in [-0.2, 0) is 13.0 Å². The molecular weight excluding hydrogens is 296 g/mol. The van der Waals surface area contributed by atoms with Crippen LogP contribution in [0.1, 0.15) is 16.8 Å². The molecule has 122 valence electrons. The normalized spacial score (nSPS) is 10.4. The SMILES string of the molecule is Cc1cc(NCCc2ccccc2)nc(NCc2ccccc2)n1. The van der Waals surface area contributed by atoms with Crippen LogP contribution >= 0.6 is 0 Å². The first kappa shape index (κ1) is 16.0. The zero-order valence-corrected chi connectivity index (χ0v) is 13.9. The number of hydrogen-bond acceptors (Lipinski definition) is 4. The van der Waals surface area contributed by atoms with Crippen LogP contribution in [0.3, 0.4) is 0 Å². The average molecular weight is 318 g/mol. The largest absolute Gasteiger partial charge is 0.370 e. The third-order valence-corrected chi connectivity index (χ3v) is 3.71. The molecule has 0 saturated heterocycles. The lowest BCUT2D eigenvalue weighted by Crippen LogP contribution is -2.10. The molecule has 0 saturated carbocycles. The van der Waals surface area contributed by atoms with Gasteiger partial charge in [-0.1, -0.05) is 60.7 Å². The molecule has 1 aromatic heterocycles. The van der Waals surface area contributed by atoms with E-state index >= 15 is 0 Å². The number of anilines is 2. The van der Waals surface area contributed by atoms with Gasteiger partial charge in [-0.25, -0.2) is 4.98 Å². The number of aryl methyl sites for hydroxylation is 1. The van der Waals surface area contributed by atoms with E-state index in [1.54, 1.807) is 0 Å². The van der Waals surface area contributed by atoms with Gasteiger partial charge in [-0.3, -0.25) is 0 Å². The Kier molecular flexibility index (Phi) is 5.40. The van der Waals surface area contributed by atoms with Gasteiger partial charge in [0.25, 0.3) is 0 Å². The van der Waals surface area contributed by atoms with Crippen LogP contribution in [0.2, 0.25) is 0 Å². The Bertz CT molecular complexity index is 757. The highest BCUT2D eigenvalue weighted by Crippen LogP contribution is 2.11. The first-order valence-electron chi connectivity index (χ1n) is 8.21. The summed E-state index contributed by atoms with van der Waals surface area (Å²) in [5, 5.41) is 6.67. The second-order valence-electron chi connectivity index (χ2n) is 5.72. The molecule has 0 fully saturated rings. The Hall–Kier alpha value is -2.88. The van der Waals surface area contributed by atoms with Gasteiger partial charge in [0.05, 0.1) is 0 Å². The van der Waals surface area contributed by atoms with Crippen molar-refractivity contribution in [3.63, 3.8) is 0 Å². The van der Waals surface area contributed by atoms with Gasteiger partial charge in [0, 0.05) is 24.8 Å². The van der Waals surface area contributed by atoms with Crippen LogP contribution in [-0.4, -0.2) is 16.5 Å². The standard InChI is InChI=1S/C20H22N4/c1-16-14-19(21-13-12-17-8-4-2-5-9-17)24-20(23-16)22-15-18-10-6-3-7-11-18/h2-11,14H,12-13,15H2,1H3,(H2,21,22,23,24). The van der Waals surface area contributed by atoms with E-state index in [-0.39, 0.29) is 0 Å². The van der Waals surface area contributed by atoms with Crippen molar-refractivity contribution in [2.24, 2.45) is 0 Å². The van der Waals surface area contributed by atoms with Crippen LogP contribution in [0.5, 0.6) is 0 Å². The van der Waals surface area contributed by atoms with Gasteiger partial charge in [0.2, 0.25) is 5.95 Å². The summed E-state index contributed by atoms with van der Waals surface area (Å²) in [4.78, 5) is 9.00. The second kappa shape index (κ2) is 8.11. The predicted molar refractivity (Wildman–Crippen MR) is 99.2 cm³/mol. The van der Waals surface area contributed by atoms with Gasteiger partial charge in [0.15, 0.2) is 0 Å². The summed E-state index contributed by atoms with van der Waals surface area (Å²) in [5.74, 6) is 1.51. The number of hydrogen-bond donors (Lipinski definition) is 2. The van der Waals surface area contributed by atoms with Gasteiger partial charge in [-0.2, -0.15) is 4.98 Å². The van der Waals surface area contributed by atoms with Crippen molar-refractivity contribution >= 4 is 11.8 Å². The van der Waals surface area contributed by atoms with E-state index in [4.69, 9.17) is 0 Å². The Balaban J connectivity index is 1.57. The van der Waals surface area contributed by atoms with Crippen LogP contribution < -0.4 is 10.6 Å². The number of nitrogens with zero attached hydrogens (tertiary/aromatic N) is 2. The van der Waals surface area contributed by atoms with E-state index in [0.29, 0.717) is 12.5 Å². The van der Waals surface area contributed by atoms with E-state index in [2.05, 4.69) is 57.0 Å². The van der Waals surface area contributed by atoms with Crippen molar-refractivity contribution in [2.45, 2.75) is 19.9 Å². The Labute approximate surface area is 143 Å². The van der Waals surface area contributed by atoms with E-state index in [0.717, 1.165) is 24.5 Å². The average Bonchev–Trinajstić information content (AvgIpc) is 2.61. The van der Waals surface area contributed by atoms with E-state index in [1.165, 1.54) is 11.1 Å². The molecular formula is C20H22N4. The minimum Gasteiger partial charge on any atom is -0.370 e. The molecule has 4 heteroatoms. The van der Waals surface area contributed by atoms with Crippen molar-refractivity contribution in [3.05, 3.63) is 83.6 Å². The number of rotatable bonds is 7. The quantitative estimate of drug-likeness (QED) is 0.690. The molecule has 0 radical (unpaired) electrons. The fourth-order valence-corrected chi connectivity index (χ4v) is 2.49. The lowest BCUT2D eigenvalue weighted by atomic mass is 10.1. The summed E-state index contributed by atoms with van der Waals surface area (Å²) in [7, 11) is 0. The van der Waals surface area contributed by atoms with Crippen LogP contribution in [0, 0.1) is 6.92 Å². The lowest BCUT2D eigenvalue weighted by molar-refractivity contribution is 0.982. The summed E-state index contributed by atoms with van der Waals surface area (Å²) in [6.45, 7) is 3.55. The minimum atomic E-state index is 0.654. The van der Waals surface area contributed by atoms with Gasteiger partial charge in [0.1, 0.15) is 5.82 Å². The summed E-state index contributed by atoms with van der Waals surface area (Å²) in [6.07, 6.45) is 0.969. The highest BCUT2D eigenvalue weighted by atomic mass is 15.1. The van der Waals surface area contributed by atoms with Gasteiger partial charge < -0.3 is 10.6 Å². The van der Waals surface area contributed by atoms with Crippen molar-refractivity contribution in [1.29, 1.82) is 0 Å². The molecule has 2 aromatic carbocycles. The monoisotopic (exact) mass is 318 g/mol. The molecule has 24 heavy (non-hydrogen) atoms. The Morgan fingerprint density at radius 2 is 1.46 bits per heavy atom. The Morgan fingerprint density at radius 1 is 0.792 bits per heavy atom.